The third-order valence-corrected chi connectivity index (χ3v) is 4.41. The van der Waals surface area contributed by atoms with Crippen LogP contribution in [-0.4, -0.2) is 37.1 Å². The van der Waals surface area contributed by atoms with E-state index in [0.717, 1.165) is 25.3 Å². The Kier molecular flexibility index (Phi) is 3.46. The number of piperazine rings is 1. The van der Waals surface area contributed by atoms with Crippen molar-refractivity contribution >= 4 is 5.69 Å². The smallest absolute Gasteiger partial charge is 0.130 e. The van der Waals surface area contributed by atoms with E-state index in [1.54, 1.807) is 6.07 Å². The molecule has 2 N–H and O–H groups in total. The maximum absolute atomic E-state index is 14.0. The van der Waals surface area contributed by atoms with Crippen molar-refractivity contribution < 1.29 is 4.39 Å². The summed E-state index contributed by atoms with van der Waals surface area (Å²) in [5.41, 5.74) is 7.60. The Morgan fingerprint density at radius 2 is 2.16 bits per heavy atom. The Morgan fingerprint density at radius 1 is 1.32 bits per heavy atom. The van der Waals surface area contributed by atoms with Gasteiger partial charge in [0.25, 0.3) is 0 Å². The minimum absolute atomic E-state index is 0.179. The Morgan fingerprint density at radius 3 is 2.95 bits per heavy atom. The fourth-order valence-corrected chi connectivity index (χ4v) is 3.46. The summed E-state index contributed by atoms with van der Waals surface area (Å²) in [5, 5.41) is 0. The van der Waals surface area contributed by atoms with E-state index in [4.69, 9.17) is 5.73 Å². The lowest BCUT2D eigenvalue weighted by atomic mass is 10.0. The second-order valence-corrected chi connectivity index (χ2v) is 5.74. The summed E-state index contributed by atoms with van der Waals surface area (Å²) in [7, 11) is 0. The van der Waals surface area contributed by atoms with Gasteiger partial charge in [0.1, 0.15) is 5.82 Å². The quantitative estimate of drug-likeness (QED) is 0.887. The molecule has 2 heterocycles. The van der Waals surface area contributed by atoms with E-state index in [2.05, 4.69) is 9.80 Å². The van der Waals surface area contributed by atoms with Crippen LogP contribution in [0.4, 0.5) is 10.1 Å². The summed E-state index contributed by atoms with van der Waals surface area (Å²) in [4.78, 5) is 4.87. The maximum atomic E-state index is 14.0. The summed E-state index contributed by atoms with van der Waals surface area (Å²) in [6, 6.07) is 5.67. The van der Waals surface area contributed by atoms with Gasteiger partial charge in [0, 0.05) is 43.0 Å². The van der Waals surface area contributed by atoms with E-state index in [0.29, 0.717) is 11.6 Å². The SMILES string of the molecule is CC(N)c1c(F)cccc1N1CCN2CCCC2C1. The zero-order valence-corrected chi connectivity index (χ0v) is 11.5. The molecule has 0 spiro atoms. The van der Waals surface area contributed by atoms with E-state index >= 15 is 0 Å². The Labute approximate surface area is 114 Å². The standard InChI is InChI=1S/C15H22FN3/c1-11(17)15-13(16)5-2-6-14(15)19-9-8-18-7-3-4-12(18)10-19/h2,5-6,11-12H,3-4,7-10,17H2,1H3. The van der Waals surface area contributed by atoms with E-state index in [-0.39, 0.29) is 11.9 Å². The lowest BCUT2D eigenvalue weighted by molar-refractivity contribution is 0.230. The second-order valence-electron chi connectivity index (χ2n) is 5.74. The lowest BCUT2D eigenvalue weighted by Crippen LogP contribution is -2.50. The number of nitrogens with zero attached hydrogens (tertiary/aromatic N) is 2. The molecule has 0 aliphatic carbocycles. The van der Waals surface area contributed by atoms with Crippen LogP contribution in [-0.2, 0) is 0 Å². The van der Waals surface area contributed by atoms with Gasteiger partial charge in [-0.1, -0.05) is 6.07 Å². The molecule has 3 nitrogen and oxygen atoms in total. The van der Waals surface area contributed by atoms with E-state index in [1.165, 1.54) is 25.5 Å². The average molecular weight is 263 g/mol. The van der Waals surface area contributed by atoms with Crippen LogP contribution < -0.4 is 10.6 Å². The number of rotatable bonds is 2. The van der Waals surface area contributed by atoms with Crippen LogP contribution in [0.5, 0.6) is 0 Å². The molecule has 2 atom stereocenters. The first-order valence-electron chi connectivity index (χ1n) is 7.20. The third-order valence-electron chi connectivity index (χ3n) is 4.41. The first-order chi connectivity index (χ1) is 9.16. The number of nitrogens with two attached hydrogens (primary N) is 1. The van der Waals surface area contributed by atoms with Gasteiger partial charge in [-0.25, -0.2) is 4.39 Å². The highest BCUT2D eigenvalue weighted by molar-refractivity contribution is 5.56. The largest absolute Gasteiger partial charge is 0.368 e. The number of halogens is 1. The molecule has 1 aromatic carbocycles. The summed E-state index contributed by atoms with van der Waals surface area (Å²) >= 11 is 0. The first kappa shape index (κ1) is 12.9. The molecular weight excluding hydrogens is 241 g/mol. The van der Waals surface area contributed by atoms with Crippen LogP contribution in [0.2, 0.25) is 0 Å². The molecule has 0 radical (unpaired) electrons. The van der Waals surface area contributed by atoms with Crippen molar-refractivity contribution in [3.8, 4) is 0 Å². The topological polar surface area (TPSA) is 32.5 Å². The molecule has 19 heavy (non-hydrogen) atoms. The van der Waals surface area contributed by atoms with Crippen LogP contribution in [0.25, 0.3) is 0 Å². The van der Waals surface area contributed by atoms with Gasteiger partial charge in [-0.2, -0.15) is 0 Å². The molecule has 2 unspecified atom stereocenters. The summed E-state index contributed by atoms with van der Waals surface area (Å²) in [6.45, 7) is 6.14. The molecule has 0 bridgehead atoms. The van der Waals surface area contributed by atoms with Crippen LogP contribution in [0.15, 0.2) is 18.2 Å². The van der Waals surface area contributed by atoms with Gasteiger partial charge in [0.15, 0.2) is 0 Å². The number of hydrogen-bond donors (Lipinski definition) is 1. The monoisotopic (exact) mass is 263 g/mol. The molecule has 2 saturated heterocycles. The summed E-state index contributed by atoms with van der Waals surface area (Å²) in [5.74, 6) is -0.179. The van der Waals surface area contributed by atoms with Crippen molar-refractivity contribution in [2.75, 3.05) is 31.1 Å². The van der Waals surface area contributed by atoms with Crippen LogP contribution >= 0.6 is 0 Å². The predicted molar refractivity (Wildman–Crippen MR) is 75.8 cm³/mol. The molecule has 2 aliphatic heterocycles. The molecule has 0 aromatic heterocycles. The summed E-state index contributed by atoms with van der Waals surface area (Å²) < 4.78 is 14.0. The normalized spacial score (nSPS) is 25.4. The van der Waals surface area contributed by atoms with Crippen molar-refractivity contribution in [3.63, 3.8) is 0 Å². The number of hydrogen-bond acceptors (Lipinski definition) is 3. The summed E-state index contributed by atoms with van der Waals surface area (Å²) in [6.07, 6.45) is 2.56. The molecular formula is C15H22FN3. The Hall–Kier alpha value is -1.13. The van der Waals surface area contributed by atoms with Crippen molar-refractivity contribution in [2.24, 2.45) is 5.73 Å². The number of anilines is 1. The van der Waals surface area contributed by atoms with E-state index < -0.39 is 0 Å². The highest BCUT2D eigenvalue weighted by Crippen LogP contribution is 2.31. The van der Waals surface area contributed by atoms with E-state index in [9.17, 15) is 4.39 Å². The molecule has 1 aromatic rings. The Bertz CT molecular complexity index is 461. The second kappa shape index (κ2) is 5.10. The molecule has 4 heteroatoms. The molecule has 2 fully saturated rings. The predicted octanol–water partition coefficient (Wildman–Crippen LogP) is 2.13. The Balaban J connectivity index is 1.88. The van der Waals surface area contributed by atoms with Crippen LogP contribution in [0.1, 0.15) is 31.4 Å². The van der Waals surface area contributed by atoms with Gasteiger partial charge < -0.3 is 10.6 Å². The van der Waals surface area contributed by atoms with Gasteiger partial charge >= 0.3 is 0 Å². The molecule has 104 valence electrons. The minimum Gasteiger partial charge on any atom is -0.368 e. The average Bonchev–Trinajstić information content (AvgIpc) is 2.85. The molecule has 3 rings (SSSR count). The lowest BCUT2D eigenvalue weighted by Gasteiger charge is -2.40. The fourth-order valence-electron chi connectivity index (χ4n) is 3.46. The highest BCUT2D eigenvalue weighted by atomic mass is 19.1. The van der Waals surface area contributed by atoms with Crippen molar-refractivity contribution in [3.05, 3.63) is 29.6 Å². The van der Waals surface area contributed by atoms with Crippen molar-refractivity contribution in [1.29, 1.82) is 0 Å². The van der Waals surface area contributed by atoms with Gasteiger partial charge in [0.2, 0.25) is 0 Å². The zero-order valence-electron chi connectivity index (χ0n) is 11.5. The molecule has 0 amide bonds. The van der Waals surface area contributed by atoms with E-state index in [1.807, 2.05) is 13.0 Å². The minimum atomic E-state index is -0.266. The van der Waals surface area contributed by atoms with Crippen molar-refractivity contribution in [1.82, 2.24) is 4.90 Å². The van der Waals surface area contributed by atoms with Gasteiger partial charge in [-0.3, -0.25) is 4.90 Å². The highest BCUT2D eigenvalue weighted by Gasteiger charge is 2.31. The van der Waals surface area contributed by atoms with Crippen molar-refractivity contribution in [2.45, 2.75) is 31.8 Å². The zero-order chi connectivity index (χ0) is 13.4. The van der Waals surface area contributed by atoms with Gasteiger partial charge in [-0.15, -0.1) is 0 Å². The number of benzene rings is 1. The fraction of sp³-hybridized carbons (Fsp3) is 0.600. The van der Waals surface area contributed by atoms with Crippen LogP contribution in [0, 0.1) is 5.82 Å². The van der Waals surface area contributed by atoms with Gasteiger partial charge in [0.05, 0.1) is 0 Å². The maximum Gasteiger partial charge on any atom is 0.130 e. The molecule has 2 aliphatic rings. The van der Waals surface area contributed by atoms with Gasteiger partial charge in [-0.05, 0) is 38.4 Å². The number of fused-ring (bicyclic) bond motifs is 1. The molecule has 0 saturated carbocycles. The van der Waals surface area contributed by atoms with Crippen LogP contribution in [0.3, 0.4) is 0 Å². The first-order valence-corrected chi connectivity index (χ1v) is 7.20. The third kappa shape index (κ3) is 2.35.